The first-order valence-corrected chi connectivity index (χ1v) is 8.90. The first kappa shape index (κ1) is 17.9. The van der Waals surface area contributed by atoms with Crippen LogP contribution >= 0.6 is 0 Å². The lowest BCUT2D eigenvalue weighted by molar-refractivity contribution is -0.116. The molecule has 0 saturated heterocycles. The number of rotatable bonds is 4. The van der Waals surface area contributed by atoms with Crippen LogP contribution in [0.5, 0.6) is 0 Å². The summed E-state index contributed by atoms with van der Waals surface area (Å²) in [4.78, 5) is 25.3. The molecule has 4 nitrogen and oxygen atoms in total. The van der Waals surface area contributed by atoms with Crippen molar-refractivity contribution in [3.05, 3.63) is 75.1 Å². The number of carbonyl (C=O) groups is 1. The summed E-state index contributed by atoms with van der Waals surface area (Å²) < 4.78 is 1.57. The van der Waals surface area contributed by atoms with E-state index in [1.54, 1.807) is 10.6 Å². The summed E-state index contributed by atoms with van der Waals surface area (Å²) in [6.07, 6.45) is 0.837. The van der Waals surface area contributed by atoms with Crippen LogP contribution in [0.3, 0.4) is 0 Å². The Labute approximate surface area is 153 Å². The zero-order chi connectivity index (χ0) is 18.8. The number of hydrogen-bond acceptors (Lipinski definition) is 2. The van der Waals surface area contributed by atoms with Crippen molar-refractivity contribution in [1.82, 2.24) is 4.57 Å². The lowest BCUT2D eigenvalue weighted by atomic mass is 10.1. The highest BCUT2D eigenvalue weighted by molar-refractivity contribution is 5.94. The average Bonchev–Trinajstić information content (AvgIpc) is 2.60. The number of aryl methyl sites for hydroxylation is 4. The number of hydrogen-bond donors (Lipinski definition) is 1. The Balaban J connectivity index is 2.00. The lowest BCUT2D eigenvalue weighted by Gasteiger charge is -2.16. The van der Waals surface area contributed by atoms with Gasteiger partial charge in [0, 0.05) is 17.1 Å². The molecule has 0 spiro atoms. The summed E-state index contributed by atoms with van der Waals surface area (Å²) in [6, 6.07) is 13.5. The van der Waals surface area contributed by atoms with Gasteiger partial charge in [0.05, 0.1) is 5.52 Å². The number of amides is 1. The van der Waals surface area contributed by atoms with Crippen LogP contribution in [0, 0.1) is 20.8 Å². The number of nitrogens with zero attached hydrogens (tertiary/aromatic N) is 1. The molecule has 2 aromatic carbocycles. The van der Waals surface area contributed by atoms with E-state index in [9.17, 15) is 9.59 Å². The summed E-state index contributed by atoms with van der Waals surface area (Å²) in [5, 5.41) is 4.01. The van der Waals surface area contributed by atoms with Gasteiger partial charge in [0.15, 0.2) is 0 Å². The molecule has 0 aliphatic rings. The van der Waals surface area contributed by atoms with Crippen molar-refractivity contribution in [3.63, 3.8) is 0 Å². The number of pyridine rings is 1. The van der Waals surface area contributed by atoms with Gasteiger partial charge in [-0.1, -0.05) is 43.3 Å². The first-order valence-electron chi connectivity index (χ1n) is 8.90. The van der Waals surface area contributed by atoms with Crippen LogP contribution in [0.2, 0.25) is 0 Å². The Morgan fingerprint density at radius 2 is 1.69 bits per heavy atom. The molecule has 0 aliphatic heterocycles. The molecule has 0 atom stereocenters. The van der Waals surface area contributed by atoms with E-state index in [0.717, 1.165) is 45.3 Å². The molecule has 1 amide bonds. The number of aromatic nitrogens is 1. The largest absolute Gasteiger partial charge is 0.324 e. The van der Waals surface area contributed by atoms with Crippen LogP contribution in [-0.4, -0.2) is 10.5 Å². The van der Waals surface area contributed by atoms with Gasteiger partial charge in [0.2, 0.25) is 5.91 Å². The average molecular weight is 348 g/mol. The zero-order valence-corrected chi connectivity index (χ0v) is 15.7. The standard InChI is InChI=1S/C22H24N2O2/c1-5-17-10-6-8-14(2)21(17)23-19(25)13-24-20(26)12-16(4)18-11-7-9-15(3)22(18)24/h6-12H,5,13H2,1-4H3,(H,23,25). The topological polar surface area (TPSA) is 51.1 Å². The molecular formula is C22H24N2O2. The van der Waals surface area contributed by atoms with E-state index in [1.165, 1.54) is 0 Å². The van der Waals surface area contributed by atoms with Gasteiger partial charge < -0.3 is 5.32 Å². The zero-order valence-electron chi connectivity index (χ0n) is 15.7. The van der Waals surface area contributed by atoms with Gasteiger partial charge in [-0.05, 0) is 49.4 Å². The number of benzene rings is 2. The summed E-state index contributed by atoms with van der Waals surface area (Å²) in [6.45, 7) is 7.93. The SMILES string of the molecule is CCc1cccc(C)c1NC(=O)Cn1c(=O)cc(C)c2cccc(C)c21. The fraction of sp³-hybridized carbons (Fsp3) is 0.273. The van der Waals surface area contributed by atoms with Gasteiger partial charge in [-0.25, -0.2) is 0 Å². The minimum atomic E-state index is -0.190. The maximum atomic E-state index is 12.7. The molecule has 1 heterocycles. The molecule has 1 aromatic heterocycles. The van der Waals surface area contributed by atoms with Gasteiger partial charge in [-0.15, -0.1) is 0 Å². The molecular weight excluding hydrogens is 324 g/mol. The molecule has 4 heteroatoms. The van der Waals surface area contributed by atoms with E-state index in [0.29, 0.717) is 0 Å². The van der Waals surface area contributed by atoms with Crippen LogP contribution in [0.4, 0.5) is 5.69 Å². The van der Waals surface area contributed by atoms with Crippen molar-refractivity contribution in [3.8, 4) is 0 Å². The van der Waals surface area contributed by atoms with Crippen molar-refractivity contribution in [1.29, 1.82) is 0 Å². The van der Waals surface area contributed by atoms with Crippen molar-refractivity contribution in [2.45, 2.75) is 40.7 Å². The lowest BCUT2D eigenvalue weighted by Crippen LogP contribution is -2.28. The van der Waals surface area contributed by atoms with Gasteiger partial charge in [0.25, 0.3) is 5.56 Å². The van der Waals surface area contributed by atoms with Crippen molar-refractivity contribution in [2.75, 3.05) is 5.32 Å². The monoisotopic (exact) mass is 348 g/mol. The molecule has 3 rings (SSSR count). The Bertz CT molecular complexity index is 1050. The van der Waals surface area contributed by atoms with E-state index >= 15 is 0 Å². The Kier molecular flexibility index (Phi) is 4.94. The van der Waals surface area contributed by atoms with Crippen molar-refractivity contribution >= 4 is 22.5 Å². The van der Waals surface area contributed by atoms with Gasteiger partial charge in [0.1, 0.15) is 6.54 Å². The van der Waals surface area contributed by atoms with E-state index in [2.05, 4.69) is 12.2 Å². The summed E-state index contributed by atoms with van der Waals surface area (Å²) in [5.41, 5.74) is 5.55. The Morgan fingerprint density at radius 1 is 1.00 bits per heavy atom. The summed E-state index contributed by atoms with van der Waals surface area (Å²) >= 11 is 0. The van der Waals surface area contributed by atoms with Crippen LogP contribution < -0.4 is 10.9 Å². The molecule has 0 radical (unpaired) electrons. The molecule has 0 unspecified atom stereocenters. The second kappa shape index (κ2) is 7.16. The van der Waals surface area contributed by atoms with Crippen molar-refractivity contribution < 1.29 is 4.79 Å². The predicted octanol–water partition coefficient (Wildman–Crippen LogP) is 4.13. The second-order valence-corrected chi connectivity index (χ2v) is 6.73. The van der Waals surface area contributed by atoms with Crippen LogP contribution in [0.1, 0.15) is 29.2 Å². The number of anilines is 1. The number of nitrogens with one attached hydrogen (secondary N) is 1. The van der Waals surface area contributed by atoms with E-state index in [1.807, 2.05) is 57.2 Å². The van der Waals surface area contributed by atoms with E-state index in [4.69, 9.17) is 0 Å². The van der Waals surface area contributed by atoms with Gasteiger partial charge in [-0.2, -0.15) is 0 Å². The Hall–Kier alpha value is -2.88. The highest BCUT2D eigenvalue weighted by Gasteiger charge is 2.14. The predicted molar refractivity (Wildman–Crippen MR) is 107 cm³/mol. The minimum absolute atomic E-state index is 0.00203. The molecule has 0 aliphatic carbocycles. The highest BCUT2D eigenvalue weighted by Crippen LogP contribution is 2.22. The third kappa shape index (κ3) is 3.27. The molecule has 0 fully saturated rings. The maximum absolute atomic E-state index is 12.7. The van der Waals surface area contributed by atoms with Gasteiger partial charge in [-0.3, -0.25) is 14.2 Å². The number of fused-ring (bicyclic) bond motifs is 1. The van der Waals surface area contributed by atoms with Crippen LogP contribution in [-0.2, 0) is 17.8 Å². The summed E-state index contributed by atoms with van der Waals surface area (Å²) in [7, 11) is 0. The molecule has 0 bridgehead atoms. The quantitative estimate of drug-likeness (QED) is 0.771. The highest BCUT2D eigenvalue weighted by atomic mass is 16.2. The maximum Gasteiger partial charge on any atom is 0.251 e. The summed E-state index contributed by atoms with van der Waals surface area (Å²) in [5.74, 6) is -0.190. The number of carbonyl (C=O) groups excluding carboxylic acids is 1. The normalized spacial score (nSPS) is 10.9. The van der Waals surface area contributed by atoms with Crippen LogP contribution in [0.15, 0.2) is 47.3 Å². The third-order valence-corrected chi connectivity index (χ3v) is 4.84. The van der Waals surface area contributed by atoms with E-state index in [-0.39, 0.29) is 18.0 Å². The first-order chi connectivity index (χ1) is 12.4. The number of para-hydroxylation sites is 2. The van der Waals surface area contributed by atoms with Crippen molar-refractivity contribution in [2.24, 2.45) is 0 Å². The molecule has 3 aromatic rings. The van der Waals surface area contributed by atoms with Gasteiger partial charge >= 0.3 is 0 Å². The molecule has 134 valence electrons. The molecule has 26 heavy (non-hydrogen) atoms. The fourth-order valence-corrected chi connectivity index (χ4v) is 3.47. The molecule has 0 saturated carbocycles. The Morgan fingerprint density at radius 3 is 2.42 bits per heavy atom. The second-order valence-electron chi connectivity index (χ2n) is 6.73. The third-order valence-electron chi connectivity index (χ3n) is 4.84. The molecule has 1 N–H and O–H groups in total. The smallest absolute Gasteiger partial charge is 0.251 e. The fourth-order valence-electron chi connectivity index (χ4n) is 3.47. The van der Waals surface area contributed by atoms with Crippen LogP contribution in [0.25, 0.3) is 10.9 Å². The minimum Gasteiger partial charge on any atom is -0.324 e. The van der Waals surface area contributed by atoms with E-state index < -0.39 is 0 Å².